The molecule has 1 heterocycles. The fourth-order valence-corrected chi connectivity index (χ4v) is 4.24. The molecule has 1 aliphatic rings. The van der Waals surface area contributed by atoms with E-state index in [0.717, 1.165) is 11.8 Å². The van der Waals surface area contributed by atoms with Crippen molar-refractivity contribution in [1.82, 2.24) is 4.31 Å². The molecule has 0 spiro atoms. The number of ether oxygens (including phenoxy) is 1. The average molecular weight is 388 g/mol. The lowest BCUT2D eigenvalue weighted by atomic mass is 10.3. The van der Waals surface area contributed by atoms with Crippen molar-refractivity contribution in [3.63, 3.8) is 0 Å². The lowest BCUT2D eigenvalue weighted by molar-refractivity contribution is -0.133. The number of thioether (sulfide) groups is 1. The molecule has 1 aromatic rings. The van der Waals surface area contributed by atoms with E-state index in [4.69, 9.17) is 9.84 Å². The van der Waals surface area contributed by atoms with Gasteiger partial charge >= 0.3 is 5.97 Å². The summed E-state index contributed by atoms with van der Waals surface area (Å²) in [6.07, 6.45) is 0. The number of hydrogen-bond donors (Lipinski definition) is 2. The van der Waals surface area contributed by atoms with Gasteiger partial charge in [-0.1, -0.05) is 6.07 Å². The van der Waals surface area contributed by atoms with Gasteiger partial charge in [-0.2, -0.15) is 4.31 Å². The number of nitrogens with zero attached hydrogens (tertiary/aromatic N) is 1. The van der Waals surface area contributed by atoms with E-state index in [1.165, 1.54) is 16.4 Å². The Morgan fingerprint density at radius 2 is 2.04 bits per heavy atom. The van der Waals surface area contributed by atoms with E-state index in [1.54, 1.807) is 19.1 Å². The molecule has 0 aliphatic carbocycles. The molecular formula is C15H20N2O6S2. The van der Waals surface area contributed by atoms with Crippen LogP contribution in [0.1, 0.15) is 6.92 Å². The van der Waals surface area contributed by atoms with E-state index in [2.05, 4.69) is 5.32 Å². The van der Waals surface area contributed by atoms with E-state index in [9.17, 15) is 18.0 Å². The van der Waals surface area contributed by atoms with Crippen molar-refractivity contribution in [2.45, 2.75) is 17.1 Å². The number of benzene rings is 1. The molecule has 1 aliphatic heterocycles. The molecule has 2 rings (SSSR count). The summed E-state index contributed by atoms with van der Waals surface area (Å²) >= 11 is 0.992. The van der Waals surface area contributed by atoms with Crippen LogP contribution in [-0.4, -0.2) is 67.0 Å². The molecule has 1 saturated heterocycles. The van der Waals surface area contributed by atoms with Crippen LogP contribution in [0, 0.1) is 0 Å². The molecule has 0 radical (unpaired) electrons. The van der Waals surface area contributed by atoms with Crippen LogP contribution in [0.4, 0.5) is 5.69 Å². The number of carbonyl (C=O) groups excluding carboxylic acids is 1. The molecule has 2 N–H and O–H groups in total. The zero-order valence-electron chi connectivity index (χ0n) is 13.7. The van der Waals surface area contributed by atoms with Crippen LogP contribution in [0.3, 0.4) is 0 Å². The van der Waals surface area contributed by atoms with E-state index in [-0.39, 0.29) is 16.6 Å². The third kappa shape index (κ3) is 5.43. The number of aliphatic carboxylic acids is 1. The van der Waals surface area contributed by atoms with Crippen molar-refractivity contribution in [3.05, 3.63) is 24.3 Å². The largest absolute Gasteiger partial charge is 0.481 e. The van der Waals surface area contributed by atoms with Gasteiger partial charge in [0.05, 0.1) is 29.1 Å². The SMILES string of the molecule is C[C@H](SCC(=O)O)C(=O)Nc1cccc(S(=O)(=O)N2CCOCC2)c1. The third-order valence-corrected chi connectivity index (χ3v) is 6.56. The summed E-state index contributed by atoms with van der Waals surface area (Å²) in [6, 6.07) is 6.02. The molecular weight excluding hydrogens is 368 g/mol. The summed E-state index contributed by atoms with van der Waals surface area (Å²) in [4.78, 5) is 22.7. The number of anilines is 1. The van der Waals surface area contributed by atoms with Gasteiger partial charge in [-0.3, -0.25) is 9.59 Å². The van der Waals surface area contributed by atoms with Gasteiger partial charge in [0.15, 0.2) is 0 Å². The van der Waals surface area contributed by atoms with Gasteiger partial charge in [0.1, 0.15) is 0 Å². The van der Waals surface area contributed by atoms with Gasteiger partial charge in [0.2, 0.25) is 15.9 Å². The Morgan fingerprint density at radius 3 is 2.68 bits per heavy atom. The van der Waals surface area contributed by atoms with Crippen molar-refractivity contribution in [3.8, 4) is 0 Å². The van der Waals surface area contributed by atoms with Crippen molar-refractivity contribution in [2.75, 3.05) is 37.4 Å². The van der Waals surface area contributed by atoms with Crippen LogP contribution >= 0.6 is 11.8 Å². The van der Waals surface area contributed by atoms with E-state index in [0.29, 0.717) is 32.0 Å². The highest BCUT2D eigenvalue weighted by Gasteiger charge is 2.26. The second-order valence-corrected chi connectivity index (χ2v) is 8.65. The van der Waals surface area contributed by atoms with Crippen LogP contribution in [0.5, 0.6) is 0 Å². The Morgan fingerprint density at radius 1 is 1.36 bits per heavy atom. The van der Waals surface area contributed by atoms with Gasteiger partial charge in [-0.25, -0.2) is 8.42 Å². The Balaban J connectivity index is 2.07. The summed E-state index contributed by atoms with van der Waals surface area (Å²) in [6.45, 7) is 2.89. The number of carbonyl (C=O) groups is 2. The normalized spacial score (nSPS) is 17.0. The monoisotopic (exact) mass is 388 g/mol. The Labute approximate surface area is 150 Å². The molecule has 8 nitrogen and oxygen atoms in total. The van der Waals surface area contributed by atoms with E-state index >= 15 is 0 Å². The summed E-state index contributed by atoms with van der Waals surface area (Å²) in [5.74, 6) is -1.56. The van der Waals surface area contributed by atoms with Crippen molar-refractivity contribution in [2.24, 2.45) is 0 Å². The first-order valence-corrected chi connectivity index (χ1v) is 10.1. The van der Waals surface area contributed by atoms with Gasteiger partial charge in [-0.05, 0) is 25.1 Å². The van der Waals surface area contributed by atoms with Gasteiger partial charge in [0, 0.05) is 18.8 Å². The maximum atomic E-state index is 12.6. The summed E-state index contributed by atoms with van der Waals surface area (Å²) in [7, 11) is -3.64. The zero-order chi connectivity index (χ0) is 18.4. The molecule has 10 heteroatoms. The highest BCUT2D eigenvalue weighted by atomic mass is 32.2. The summed E-state index contributed by atoms with van der Waals surface area (Å²) in [5, 5.41) is 10.7. The number of carboxylic acid groups (broad SMARTS) is 1. The van der Waals surface area contributed by atoms with E-state index < -0.39 is 21.2 Å². The molecule has 0 aromatic heterocycles. The topological polar surface area (TPSA) is 113 Å². The smallest absolute Gasteiger partial charge is 0.313 e. The lowest BCUT2D eigenvalue weighted by Gasteiger charge is -2.26. The number of rotatable bonds is 7. The first-order chi connectivity index (χ1) is 11.8. The minimum atomic E-state index is -3.64. The highest BCUT2D eigenvalue weighted by molar-refractivity contribution is 8.01. The molecule has 1 amide bonds. The van der Waals surface area contributed by atoms with Crippen molar-refractivity contribution in [1.29, 1.82) is 0 Å². The number of carboxylic acids is 1. The maximum absolute atomic E-state index is 12.6. The number of morpholine rings is 1. The van der Waals surface area contributed by atoms with Crippen LogP contribution in [0.15, 0.2) is 29.2 Å². The number of hydrogen-bond acceptors (Lipinski definition) is 6. The molecule has 1 aromatic carbocycles. The average Bonchev–Trinajstić information content (AvgIpc) is 2.60. The molecule has 138 valence electrons. The summed E-state index contributed by atoms with van der Waals surface area (Å²) < 4.78 is 31.8. The Bertz CT molecular complexity index is 731. The molecule has 1 atom stereocenters. The Hall–Kier alpha value is -1.62. The van der Waals surface area contributed by atoms with Crippen LogP contribution in [0.25, 0.3) is 0 Å². The summed E-state index contributed by atoms with van der Waals surface area (Å²) in [5.41, 5.74) is 0.349. The quantitative estimate of drug-likeness (QED) is 0.712. The standard InChI is InChI=1S/C15H20N2O6S2/c1-11(24-10-14(18)19)15(20)16-12-3-2-4-13(9-12)25(21,22)17-5-7-23-8-6-17/h2-4,9,11H,5-8,10H2,1H3,(H,16,20)(H,18,19)/t11-/m0/s1. The maximum Gasteiger partial charge on any atom is 0.313 e. The van der Waals surface area contributed by atoms with Crippen LogP contribution in [-0.2, 0) is 24.3 Å². The molecule has 1 fully saturated rings. The minimum absolute atomic E-state index is 0.0954. The number of sulfonamides is 1. The predicted molar refractivity (Wildman–Crippen MR) is 94.2 cm³/mol. The fourth-order valence-electron chi connectivity index (χ4n) is 2.19. The predicted octanol–water partition coefficient (Wildman–Crippen LogP) is 0.852. The van der Waals surface area contributed by atoms with Crippen LogP contribution < -0.4 is 5.32 Å². The van der Waals surface area contributed by atoms with Gasteiger partial charge in [0.25, 0.3) is 0 Å². The second-order valence-electron chi connectivity index (χ2n) is 5.38. The van der Waals surface area contributed by atoms with Crippen molar-refractivity contribution < 1.29 is 27.9 Å². The molecule has 0 saturated carbocycles. The third-order valence-electron chi connectivity index (χ3n) is 3.54. The second kappa shape index (κ2) is 8.65. The highest BCUT2D eigenvalue weighted by Crippen LogP contribution is 2.21. The zero-order valence-corrected chi connectivity index (χ0v) is 15.3. The van der Waals surface area contributed by atoms with Gasteiger partial charge < -0.3 is 15.2 Å². The van der Waals surface area contributed by atoms with Gasteiger partial charge in [-0.15, -0.1) is 11.8 Å². The lowest BCUT2D eigenvalue weighted by Crippen LogP contribution is -2.40. The molecule has 0 unspecified atom stereocenters. The van der Waals surface area contributed by atoms with Crippen molar-refractivity contribution >= 4 is 39.3 Å². The fraction of sp³-hybridized carbons (Fsp3) is 0.467. The first kappa shape index (κ1) is 19.7. The number of amides is 1. The van der Waals surface area contributed by atoms with Crippen LogP contribution in [0.2, 0.25) is 0 Å². The first-order valence-electron chi connectivity index (χ1n) is 7.63. The molecule has 25 heavy (non-hydrogen) atoms. The molecule has 0 bridgehead atoms. The minimum Gasteiger partial charge on any atom is -0.481 e. The number of nitrogens with one attached hydrogen (secondary N) is 1. The Kier molecular flexibility index (Phi) is 6.82. The van der Waals surface area contributed by atoms with E-state index in [1.807, 2.05) is 0 Å².